The van der Waals surface area contributed by atoms with Crippen molar-refractivity contribution in [3.63, 3.8) is 0 Å². The van der Waals surface area contributed by atoms with Gasteiger partial charge in [-0.15, -0.1) is 0 Å². The largest absolute Gasteiger partial charge is 0.480 e. The maximum absolute atomic E-state index is 10.7. The molecule has 1 heterocycles. The highest BCUT2D eigenvalue weighted by molar-refractivity contribution is 6.30. The van der Waals surface area contributed by atoms with Gasteiger partial charge in [0.05, 0.1) is 6.54 Å². The van der Waals surface area contributed by atoms with Gasteiger partial charge in [0.25, 0.3) is 0 Å². The van der Waals surface area contributed by atoms with Gasteiger partial charge in [-0.25, -0.2) is 0 Å². The summed E-state index contributed by atoms with van der Waals surface area (Å²) < 4.78 is 5.64. The van der Waals surface area contributed by atoms with Crippen molar-refractivity contribution in [1.29, 1.82) is 0 Å². The zero-order valence-corrected chi connectivity index (χ0v) is 11.1. The van der Waals surface area contributed by atoms with Gasteiger partial charge in [-0.2, -0.15) is 0 Å². The van der Waals surface area contributed by atoms with Gasteiger partial charge in [0, 0.05) is 10.6 Å². The van der Waals surface area contributed by atoms with Gasteiger partial charge in [-0.1, -0.05) is 23.7 Å². The third-order valence-corrected chi connectivity index (χ3v) is 2.96. The topological polar surface area (TPSA) is 62.5 Å². The molecule has 0 radical (unpaired) electrons. The van der Waals surface area contributed by atoms with E-state index in [0.29, 0.717) is 23.1 Å². The van der Waals surface area contributed by atoms with Crippen LogP contribution >= 0.6 is 11.6 Å². The van der Waals surface area contributed by atoms with Crippen molar-refractivity contribution in [1.82, 2.24) is 5.32 Å². The molecule has 1 atom stereocenters. The molecule has 1 aromatic heterocycles. The minimum absolute atomic E-state index is 0.369. The van der Waals surface area contributed by atoms with Gasteiger partial charge in [-0.3, -0.25) is 10.1 Å². The molecule has 4 nitrogen and oxygen atoms in total. The van der Waals surface area contributed by atoms with Crippen LogP contribution in [0.25, 0.3) is 11.3 Å². The number of rotatable bonds is 5. The first-order valence-corrected chi connectivity index (χ1v) is 6.25. The van der Waals surface area contributed by atoms with Crippen LogP contribution < -0.4 is 5.32 Å². The predicted molar refractivity (Wildman–Crippen MR) is 73.1 cm³/mol. The number of carboxylic acid groups (broad SMARTS) is 1. The van der Waals surface area contributed by atoms with Crippen molar-refractivity contribution in [2.75, 3.05) is 0 Å². The maximum Gasteiger partial charge on any atom is 0.320 e. The van der Waals surface area contributed by atoms with Crippen LogP contribution in [0.4, 0.5) is 0 Å². The van der Waals surface area contributed by atoms with Crippen molar-refractivity contribution in [2.45, 2.75) is 19.5 Å². The van der Waals surface area contributed by atoms with E-state index in [2.05, 4.69) is 5.32 Å². The lowest BCUT2D eigenvalue weighted by molar-refractivity contribution is -0.139. The monoisotopic (exact) mass is 279 g/mol. The highest BCUT2D eigenvalue weighted by Gasteiger charge is 2.11. The first-order chi connectivity index (χ1) is 9.06. The smallest absolute Gasteiger partial charge is 0.320 e. The maximum atomic E-state index is 10.7. The Morgan fingerprint density at radius 3 is 2.89 bits per heavy atom. The van der Waals surface area contributed by atoms with Gasteiger partial charge in [0.1, 0.15) is 17.6 Å². The minimum Gasteiger partial charge on any atom is -0.480 e. The zero-order valence-electron chi connectivity index (χ0n) is 10.4. The van der Waals surface area contributed by atoms with E-state index in [1.165, 1.54) is 0 Å². The Morgan fingerprint density at radius 1 is 1.42 bits per heavy atom. The molecule has 0 unspecified atom stereocenters. The summed E-state index contributed by atoms with van der Waals surface area (Å²) >= 11 is 5.92. The van der Waals surface area contributed by atoms with Crippen molar-refractivity contribution in [2.24, 2.45) is 0 Å². The summed E-state index contributed by atoms with van der Waals surface area (Å²) in [5.41, 5.74) is 0.894. The van der Waals surface area contributed by atoms with Gasteiger partial charge in [0.15, 0.2) is 0 Å². The van der Waals surface area contributed by atoms with E-state index in [0.717, 1.165) is 5.56 Å². The molecule has 0 bridgehead atoms. The number of furan rings is 1. The van der Waals surface area contributed by atoms with Crippen molar-refractivity contribution in [3.05, 3.63) is 47.2 Å². The second-order valence-corrected chi connectivity index (χ2v) is 4.65. The predicted octanol–water partition coefficient (Wildman–Crippen LogP) is 3.16. The highest BCUT2D eigenvalue weighted by Crippen LogP contribution is 2.24. The van der Waals surface area contributed by atoms with E-state index < -0.39 is 12.0 Å². The van der Waals surface area contributed by atoms with Crippen molar-refractivity contribution in [3.8, 4) is 11.3 Å². The number of halogens is 1. The Morgan fingerprint density at radius 2 is 2.21 bits per heavy atom. The first kappa shape index (κ1) is 13.6. The first-order valence-electron chi connectivity index (χ1n) is 5.87. The molecule has 19 heavy (non-hydrogen) atoms. The lowest BCUT2D eigenvalue weighted by Crippen LogP contribution is -2.32. The summed E-state index contributed by atoms with van der Waals surface area (Å²) in [5.74, 6) is 0.506. The van der Waals surface area contributed by atoms with Crippen LogP contribution in [0.3, 0.4) is 0 Å². The summed E-state index contributed by atoms with van der Waals surface area (Å²) in [4.78, 5) is 10.7. The molecule has 0 aliphatic carbocycles. The van der Waals surface area contributed by atoms with E-state index >= 15 is 0 Å². The van der Waals surface area contributed by atoms with E-state index in [-0.39, 0.29) is 0 Å². The standard InChI is InChI=1S/C14H14ClNO3/c1-9(14(17)18)16-8-12-5-6-13(19-12)10-3-2-4-11(15)7-10/h2-7,9,16H,8H2,1H3,(H,17,18)/t9-/m1/s1. The molecular weight excluding hydrogens is 266 g/mol. The molecule has 0 saturated carbocycles. The van der Waals surface area contributed by atoms with Crippen molar-refractivity contribution < 1.29 is 14.3 Å². The Bertz CT molecular complexity index is 580. The van der Waals surface area contributed by atoms with Crippen molar-refractivity contribution >= 4 is 17.6 Å². The number of benzene rings is 1. The lowest BCUT2D eigenvalue weighted by Gasteiger charge is -2.06. The molecule has 5 heteroatoms. The fraction of sp³-hybridized carbons (Fsp3) is 0.214. The number of nitrogens with one attached hydrogen (secondary N) is 1. The number of carbonyl (C=O) groups is 1. The summed E-state index contributed by atoms with van der Waals surface area (Å²) in [6, 6.07) is 10.4. The summed E-state index contributed by atoms with van der Waals surface area (Å²) in [6.45, 7) is 1.96. The number of hydrogen-bond acceptors (Lipinski definition) is 3. The van der Waals surface area contributed by atoms with Gasteiger partial charge in [0.2, 0.25) is 0 Å². The van der Waals surface area contributed by atoms with Gasteiger partial charge in [-0.05, 0) is 31.2 Å². The third-order valence-electron chi connectivity index (χ3n) is 2.72. The van der Waals surface area contributed by atoms with Crippen LogP contribution in [0.2, 0.25) is 5.02 Å². The second-order valence-electron chi connectivity index (χ2n) is 4.22. The second kappa shape index (κ2) is 5.91. The average molecular weight is 280 g/mol. The average Bonchev–Trinajstić information content (AvgIpc) is 2.84. The molecule has 2 aromatic rings. The molecule has 0 spiro atoms. The third kappa shape index (κ3) is 3.59. The molecule has 0 amide bonds. The van der Waals surface area contributed by atoms with Gasteiger partial charge < -0.3 is 9.52 Å². The van der Waals surface area contributed by atoms with E-state index in [9.17, 15) is 4.79 Å². The molecular formula is C14H14ClNO3. The quantitative estimate of drug-likeness (QED) is 0.882. The number of aliphatic carboxylic acids is 1. The normalized spacial score (nSPS) is 12.3. The van der Waals surface area contributed by atoms with E-state index in [1.54, 1.807) is 13.0 Å². The van der Waals surface area contributed by atoms with E-state index in [1.807, 2.05) is 30.3 Å². The summed E-state index contributed by atoms with van der Waals surface area (Å²) in [7, 11) is 0. The Balaban J connectivity index is 2.05. The summed E-state index contributed by atoms with van der Waals surface area (Å²) in [5, 5.41) is 12.3. The van der Waals surface area contributed by atoms with Crippen LogP contribution in [0.15, 0.2) is 40.8 Å². The fourth-order valence-corrected chi connectivity index (χ4v) is 1.80. The zero-order chi connectivity index (χ0) is 13.8. The van der Waals surface area contributed by atoms with Gasteiger partial charge >= 0.3 is 5.97 Å². The fourth-order valence-electron chi connectivity index (χ4n) is 1.61. The van der Waals surface area contributed by atoms with Crippen LogP contribution in [0.1, 0.15) is 12.7 Å². The molecule has 2 rings (SSSR count). The molecule has 0 aliphatic rings. The van der Waals surface area contributed by atoms with Crippen LogP contribution in [-0.4, -0.2) is 17.1 Å². The molecule has 0 fully saturated rings. The molecule has 1 aromatic carbocycles. The van der Waals surface area contributed by atoms with Crippen LogP contribution in [-0.2, 0) is 11.3 Å². The lowest BCUT2D eigenvalue weighted by atomic mass is 10.2. The Kier molecular flexibility index (Phi) is 4.24. The molecule has 2 N–H and O–H groups in total. The molecule has 100 valence electrons. The number of carboxylic acids is 1. The van der Waals surface area contributed by atoms with Crippen LogP contribution in [0.5, 0.6) is 0 Å². The Labute approximate surface area is 116 Å². The SMILES string of the molecule is C[C@@H](NCc1ccc(-c2cccc(Cl)c2)o1)C(=O)O. The molecule has 0 saturated heterocycles. The molecule has 0 aliphatic heterocycles. The Hall–Kier alpha value is -1.78. The van der Waals surface area contributed by atoms with E-state index in [4.69, 9.17) is 21.1 Å². The summed E-state index contributed by atoms with van der Waals surface area (Å²) in [6.07, 6.45) is 0. The number of hydrogen-bond donors (Lipinski definition) is 2. The highest BCUT2D eigenvalue weighted by atomic mass is 35.5. The van der Waals surface area contributed by atoms with Crippen LogP contribution in [0, 0.1) is 0 Å². The minimum atomic E-state index is -0.887.